The standard InChI is InChI=1S/C13H10FN5/c14-9-6-7-11(12(15)8-9)13-16-17-18-19(13)10-4-2-1-3-5-10/h1-8H,15H2. The molecular formula is C13H10FN5. The Balaban J connectivity index is 2.15. The van der Waals surface area contributed by atoms with E-state index in [9.17, 15) is 4.39 Å². The highest BCUT2D eigenvalue weighted by molar-refractivity contribution is 5.72. The van der Waals surface area contributed by atoms with Crippen LogP contribution in [0.4, 0.5) is 10.1 Å². The van der Waals surface area contributed by atoms with Crippen molar-refractivity contribution < 1.29 is 4.39 Å². The van der Waals surface area contributed by atoms with Crippen molar-refractivity contribution >= 4 is 5.69 Å². The molecule has 0 aliphatic heterocycles. The topological polar surface area (TPSA) is 69.6 Å². The number of halogens is 1. The molecule has 2 aromatic carbocycles. The van der Waals surface area contributed by atoms with Gasteiger partial charge in [0.15, 0.2) is 5.82 Å². The van der Waals surface area contributed by atoms with E-state index in [-0.39, 0.29) is 5.82 Å². The van der Waals surface area contributed by atoms with Gasteiger partial charge in [-0.3, -0.25) is 0 Å². The molecule has 6 heteroatoms. The van der Waals surface area contributed by atoms with Crippen molar-refractivity contribution in [3.05, 3.63) is 54.3 Å². The van der Waals surface area contributed by atoms with Gasteiger partial charge in [-0.05, 0) is 40.8 Å². The molecule has 0 bridgehead atoms. The fourth-order valence-corrected chi connectivity index (χ4v) is 1.84. The number of anilines is 1. The zero-order valence-electron chi connectivity index (χ0n) is 9.86. The Hall–Kier alpha value is -2.76. The first-order valence-electron chi connectivity index (χ1n) is 5.65. The van der Waals surface area contributed by atoms with Gasteiger partial charge < -0.3 is 5.73 Å². The highest BCUT2D eigenvalue weighted by Gasteiger charge is 2.13. The maximum absolute atomic E-state index is 13.1. The van der Waals surface area contributed by atoms with Crippen LogP contribution < -0.4 is 5.73 Å². The largest absolute Gasteiger partial charge is 0.398 e. The van der Waals surface area contributed by atoms with Crippen molar-refractivity contribution in [3.63, 3.8) is 0 Å². The van der Waals surface area contributed by atoms with Crippen LogP contribution in [0.15, 0.2) is 48.5 Å². The van der Waals surface area contributed by atoms with Crippen LogP contribution in [0.1, 0.15) is 0 Å². The molecule has 1 aromatic heterocycles. The number of tetrazole rings is 1. The molecule has 3 aromatic rings. The Bertz CT molecular complexity index is 708. The second-order valence-electron chi connectivity index (χ2n) is 3.98. The summed E-state index contributed by atoms with van der Waals surface area (Å²) in [6.45, 7) is 0. The molecule has 0 saturated carbocycles. The lowest BCUT2D eigenvalue weighted by Crippen LogP contribution is -2.01. The Labute approximate surface area is 108 Å². The number of para-hydroxylation sites is 1. The second-order valence-corrected chi connectivity index (χ2v) is 3.98. The van der Waals surface area contributed by atoms with E-state index >= 15 is 0 Å². The minimum atomic E-state index is -0.389. The fourth-order valence-electron chi connectivity index (χ4n) is 1.84. The highest BCUT2D eigenvalue weighted by atomic mass is 19.1. The number of nitrogens with two attached hydrogens (primary N) is 1. The second kappa shape index (κ2) is 4.49. The third-order valence-corrected chi connectivity index (χ3v) is 2.72. The minimum absolute atomic E-state index is 0.298. The molecule has 19 heavy (non-hydrogen) atoms. The zero-order valence-corrected chi connectivity index (χ0v) is 9.86. The quantitative estimate of drug-likeness (QED) is 0.711. The van der Waals surface area contributed by atoms with E-state index in [4.69, 9.17) is 5.73 Å². The summed E-state index contributed by atoms with van der Waals surface area (Å²) in [5, 5.41) is 11.5. The summed E-state index contributed by atoms with van der Waals surface area (Å²) in [4.78, 5) is 0. The number of nitrogens with zero attached hydrogens (tertiary/aromatic N) is 4. The molecule has 0 aliphatic rings. The van der Waals surface area contributed by atoms with Gasteiger partial charge in [0.1, 0.15) is 5.82 Å². The summed E-state index contributed by atoms with van der Waals surface area (Å²) in [6.07, 6.45) is 0. The Morgan fingerprint density at radius 2 is 1.84 bits per heavy atom. The van der Waals surface area contributed by atoms with Gasteiger partial charge in [0.2, 0.25) is 0 Å². The summed E-state index contributed by atoms with van der Waals surface area (Å²) < 4.78 is 14.6. The maximum Gasteiger partial charge on any atom is 0.189 e. The van der Waals surface area contributed by atoms with Gasteiger partial charge in [-0.25, -0.2) is 4.39 Å². The van der Waals surface area contributed by atoms with Crippen molar-refractivity contribution in [1.29, 1.82) is 0 Å². The number of nitrogen functional groups attached to an aromatic ring is 1. The van der Waals surface area contributed by atoms with Crippen LogP contribution in [0.5, 0.6) is 0 Å². The third-order valence-electron chi connectivity index (χ3n) is 2.72. The molecule has 3 rings (SSSR count). The van der Waals surface area contributed by atoms with E-state index in [1.54, 1.807) is 10.7 Å². The normalized spacial score (nSPS) is 10.6. The van der Waals surface area contributed by atoms with Crippen LogP contribution in [0, 0.1) is 5.82 Å². The first-order chi connectivity index (χ1) is 9.25. The van der Waals surface area contributed by atoms with Crippen LogP contribution in [0.2, 0.25) is 0 Å². The molecule has 2 N–H and O–H groups in total. The molecule has 5 nitrogen and oxygen atoms in total. The number of hydrogen-bond donors (Lipinski definition) is 1. The van der Waals surface area contributed by atoms with Gasteiger partial charge >= 0.3 is 0 Å². The van der Waals surface area contributed by atoms with E-state index in [0.29, 0.717) is 17.1 Å². The molecule has 0 aliphatic carbocycles. The van der Waals surface area contributed by atoms with Crippen molar-refractivity contribution in [2.45, 2.75) is 0 Å². The third kappa shape index (κ3) is 2.03. The first-order valence-corrected chi connectivity index (χ1v) is 5.65. The summed E-state index contributed by atoms with van der Waals surface area (Å²) in [5.41, 5.74) is 7.51. The summed E-state index contributed by atoms with van der Waals surface area (Å²) >= 11 is 0. The lowest BCUT2D eigenvalue weighted by atomic mass is 10.1. The molecule has 1 heterocycles. The summed E-state index contributed by atoms with van der Waals surface area (Å²) in [7, 11) is 0. The predicted octanol–water partition coefficient (Wildman–Crippen LogP) is 2.05. The van der Waals surface area contributed by atoms with Crippen LogP contribution in [-0.4, -0.2) is 20.2 Å². The summed E-state index contributed by atoms with van der Waals surface area (Å²) in [6, 6.07) is 13.6. The lowest BCUT2D eigenvalue weighted by molar-refractivity contribution is 0.628. The average molecular weight is 255 g/mol. The van der Waals surface area contributed by atoms with E-state index < -0.39 is 0 Å². The van der Waals surface area contributed by atoms with E-state index in [2.05, 4.69) is 15.5 Å². The first kappa shape index (κ1) is 11.3. The highest BCUT2D eigenvalue weighted by Crippen LogP contribution is 2.25. The number of rotatable bonds is 2. The van der Waals surface area contributed by atoms with E-state index in [1.165, 1.54) is 12.1 Å². The molecule has 94 valence electrons. The number of benzene rings is 2. The Morgan fingerprint density at radius 3 is 2.58 bits per heavy atom. The monoisotopic (exact) mass is 255 g/mol. The van der Waals surface area contributed by atoms with Crippen LogP contribution >= 0.6 is 0 Å². The number of aromatic nitrogens is 4. The summed E-state index contributed by atoms with van der Waals surface area (Å²) in [5.74, 6) is 0.0867. The van der Waals surface area contributed by atoms with Crippen LogP contribution in [-0.2, 0) is 0 Å². The smallest absolute Gasteiger partial charge is 0.189 e. The van der Waals surface area contributed by atoms with Crippen molar-refractivity contribution in [1.82, 2.24) is 20.2 Å². The SMILES string of the molecule is Nc1cc(F)ccc1-c1nnnn1-c1ccccc1. The van der Waals surface area contributed by atoms with E-state index in [1.807, 2.05) is 30.3 Å². The minimum Gasteiger partial charge on any atom is -0.398 e. The average Bonchev–Trinajstić information content (AvgIpc) is 2.89. The van der Waals surface area contributed by atoms with Crippen molar-refractivity contribution in [2.75, 3.05) is 5.73 Å². The predicted molar refractivity (Wildman–Crippen MR) is 69.0 cm³/mol. The van der Waals surface area contributed by atoms with Crippen LogP contribution in [0.3, 0.4) is 0 Å². The molecule has 0 unspecified atom stereocenters. The van der Waals surface area contributed by atoms with Gasteiger partial charge in [-0.2, -0.15) is 4.68 Å². The molecule has 0 amide bonds. The fraction of sp³-hybridized carbons (Fsp3) is 0. The molecule has 0 fully saturated rings. The lowest BCUT2D eigenvalue weighted by Gasteiger charge is -2.06. The Morgan fingerprint density at radius 1 is 1.05 bits per heavy atom. The van der Waals surface area contributed by atoms with Crippen molar-refractivity contribution in [3.8, 4) is 17.1 Å². The molecule has 0 saturated heterocycles. The zero-order chi connectivity index (χ0) is 13.2. The molecule has 0 spiro atoms. The molecule has 0 radical (unpaired) electrons. The van der Waals surface area contributed by atoms with Gasteiger partial charge in [0.25, 0.3) is 0 Å². The van der Waals surface area contributed by atoms with Crippen LogP contribution in [0.25, 0.3) is 17.1 Å². The van der Waals surface area contributed by atoms with E-state index in [0.717, 1.165) is 5.69 Å². The van der Waals surface area contributed by atoms with Gasteiger partial charge in [0.05, 0.1) is 5.69 Å². The Kier molecular flexibility index (Phi) is 2.68. The van der Waals surface area contributed by atoms with Gasteiger partial charge in [-0.15, -0.1) is 5.10 Å². The number of hydrogen-bond acceptors (Lipinski definition) is 4. The van der Waals surface area contributed by atoms with Crippen molar-refractivity contribution in [2.24, 2.45) is 0 Å². The van der Waals surface area contributed by atoms with Gasteiger partial charge in [0, 0.05) is 11.3 Å². The van der Waals surface area contributed by atoms with Gasteiger partial charge in [-0.1, -0.05) is 18.2 Å². The maximum atomic E-state index is 13.1. The molecule has 0 atom stereocenters. The molecular weight excluding hydrogens is 245 g/mol.